The number of nitrogens with zero attached hydrogens (tertiary/aromatic N) is 2. The molecule has 2 rings (SSSR count). The molecule has 0 aliphatic rings. The maximum absolute atomic E-state index is 12.5. The van der Waals surface area contributed by atoms with Crippen LogP contribution in [0.1, 0.15) is 31.0 Å². The molecule has 0 fully saturated rings. The van der Waals surface area contributed by atoms with Crippen molar-refractivity contribution in [3.8, 4) is 0 Å². The van der Waals surface area contributed by atoms with Crippen molar-refractivity contribution in [1.29, 1.82) is 0 Å². The molecule has 1 heterocycles. The van der Waals surface area contributed by atoms with E-state index < -0.39 is 10.0 Å². The summed E-state index contributed by atoms with van der Waals surface area (Å²) in [6.45, 7) is 6.01. The van der Waals surface area contributed by atoms with Gasteiger partial charge >= 0.3 is 0 Å². The normalized spacial score (nSPS) is 11.9. The molecular weight excluding hydrogens is 288 g/mol. The first-order chi connectivity index (χ1) is 9.85. The fourth-order valence-corrected chi connectivity index (χ4v) is 3.37. The molecule has 3 N–H and O–H groups in total. The third kappa shape index (κ3) is 3.25. The van der Waals surface area contributed by atoms with Crippen LogP contribution < -0.4 is 10.5 Å². The SMILES string of the molecule is Cc1c(CN)cccc1S(=O)(=O)Nc1cnn(C(C)C)c1. The van der Waals surface area contributed by atoms with E-state index in [-0.39, 0.29) is 10.9 Å². The van der Waals surface area contributed by atoms with Crippen LogP contribution in [0.15, 0.2) is 35.5 Å². The standard InChI is InChI=1S/C14H20N4O2S/c1-10(2)18-9-13(8-16-18)17-21(19,20)14-6-4-5-12(7-15)11(14)3/h4-6,8-10,17H,7,15H2,1-3H3. The summed E-state index contributed by atoms with van der Waals surface area (Å²) in [5, 5.41) is 4.12. The number of benzene rings is 1. The van der Waals surface area contributed by atoms with Gasteiger partial charge in [0.2, 0.25) is 0 Å². The Hall–Kier alpha value is -1.86. The van der Waals surface area contributed by atoms with Gasteiger partial charge in [0.15, 0.2) is 0 Å². The quantitative estimate of drug-likeness (QED) is 0.884. The second-order valence-corrected chi connectivity index (χ2v) is 6.80. The number of nitrogens with two attached hydrogens (primary N) is 1. The van der Waals surface area contributed by atoms with Crippen molar-refractivity contribution in [2.24, 2.45) is 5.73 Å². The van der Waals surface area contributed by atoms with E-state index in [2.05, 4.69) is 9.82 Å². The molecule has 21 heavy (non-hydrogen) atoms. The van der Waals surface area contributed by atoms with Crippen molar-refractivity contribution in [2.45, 2.75) is 38.3 Å². The summed E-state index contributed by atoms with van der Waals surface area (Å²) in [6.07, 6.45) is 3.17. The second kappa shape index (κ2) is 5.87. The molecule has 0 saturated heterocycles. The number of rotatable bonds is 5. The van der Waals surface area contributed by atoms with Crippen LogP contribution in [0.25, 0.3) is 0 Å². The van der Waals surface area contributed by atoms with Crippen molar-refractivity contribution in [3.05, 3.63) is 41.7 Å². The van der Waals surface area contributed by atoms with Gasteiger partial charge in [0.1, 0.15) is 0 Å². The summed E-state index contributed by atoms with van der Waals surface area (Å²) >= 11 is 0. The van der Waals surface area contributed by atoms with Crippen LogP contribution in [0.3, 0.4) is 0 Å². The zero-order valence-corrected chi connectivity index (χ0v) is 13.2. The molecule has 0 aliphatic heterocycles. The van der Waals surface area contributed by atoms with Gasteiger partial charge in [0, 0.05) is 18.8 Å². The average molecular weight is 308 g/mol. The number of anilines is 1. The summed E-state index contributed by atoms with van der Waals surface area (Å²) in [4.78, 5) is 0.239. The minimum atomic E-state index is -3.65. The molecule has 0 radical (unpaired) electrons. The Morgan fingerprint density at radius 3 is 2.67 bits per heavy atom. The van der Waals surface area contributed by atoms with Crippen molar-refractivity contribution in [2.75, 3.05) is 4.72 Å². The first-order valence-corrected chi connectivity index (χ1v) is 8.19. The summed E-state index contributed by atoms with van der Waals surface area (Å²) in [5.41, 5.74) is 7.55. The highest BCUT2D eigenvalue weighted by molar-refractivity contribution is 7.92. The van der Waals surface area contributed by atoms with Crippen LogP contribution in [-0.2, 0) is 16.6 Å². The Kier molecular flexibility index (Phi) is 4.34. The average Bonchev–Trinajstić information content (AvgIpc) is 2.86. The lowest BCUT2D eigenvalue weighted by atomic mass is 10.1. The Labute approximate surface area is 125 Å². The minimum absolute atomic E-state index is 0.172. The second-order valence-electron chi connectivity index (χ2n) is 5.15. The van der Waals surface area contributed by atoms with E-state index in [4.69, 9.17) is 5.73 Å². The fourth-order valence-electron chi connectivity index (χ4n) is 2.06. The Balaban J connectivity index is 2.34. The molecule has 7 heteroatoms. The lowest BCUT2D eigenvalue weighted by Crippen LogP contribution is -2.15. The van der Waals surface area contributed by atoms with Gasteiger partial charge in [0.05, 0.1) is 16.8 Å². The zero-order chi connectivity index (χ0) is 15.6. The molecule has 114 valence electrons. The monoisotopic (exact) mass is 308 g/mol. The van der Waals surface area contributed by atoms with Crippen LogP contribution in [0.5, 0.6) is 0 Å². The molecule has 0 aliphatic carbocycles. The van der Waals surface area contributed by atoms with Gasteiger partial charge < -0.3 is 5.73 Å². The zero-order valence-electron chi connectivity index (χ0n) is 12.4. The molecule has 0 unspecified atom stereocenters. The molecule has 1 aromatic carbocycles. The molecule has 0 saturated carbocycles. The van der Waals surface area contributed by atoms with Crippen LogP contribution in [0.2, 0.25) is 0 Å². The van der Waals surface area contributed by atoms with Crippen LogP contribution in [0, 0.1) is 6.92 Å². The van der Waals surface area contributed by atoms with E-state index in [0.29, 0.717) is 17.8 Å². The topological polar surface area (TPSA) is 90.0 Å². The third-order valence-electron chi connectivity index (χ3n) is 3.29. The Morgan fingerprint density at radius 2 is 2.10 bits per heavy atom. The number of hydrogen-bond acceptors (Lipinski definition) is 4. The van der Waals surface area contributed by atoms with Crippen LogP contribution >= 0.6 is 0 Å². The van der Waals surface area contributed by atoms with E-state index in [1.807, 2.05) is 19.9 Å². The molecule has 0 atom stereocenters. The summed E-state index contributed by atoms with van der Waals surface area (Å²) in [5.74, 6) is 0. The van der Waals surface area contributed by atoms with E-state index in [9.17, 15) is 8.42 Å². The smallest absolute Gasteiger partial charge is 0.262 e. The van der Waals surface area contributed by atoms with E-state index in [1.54, 1.807) is 29.9 Å². The highest BCUT2D eigenvalue weighted by atomic mass is 32.2. The Morgan fingerprint density at radius 1 is 1.38 bits per heavy atom. The van der Waals surface area contributed by atoms with Crippen LogP contribution in [-0.4, -0.2) is 18.2 Å². The number of nitrogens with one attached hydrogen (secondary N) is 1. The molecule has 6 nitrogen and oxygen atoms in total. The summed E-state index contributed by atoms with van der Waals surface area (Å²) in [7, 11) is -3.65. The lowest BCUT2D eigenvalue weighted by molar-refractivity contribution is 0.532. The molecule has 0 spiro atoms. The maximum atomic E-state index is 12.5. The highest BCUT2D eigenvalue weighted by Gasteiger charge is 2.19. The Bertz CT molecular complexity index is 735. The molecule has 2 aromatic rings. The first kappa shape index (κ1) is 15.5. The molecular formula is C14H20N4O2S. The van der Waals surface area contributed by atoms with Crippen LogP contribution in [0.4, 0.5) is 5.69 Å². The summed E-state index contributed by atoms with van der Waals surface area (Å²) in [6, 6.07) is 5.27. The largest absolute Gasteiger partial charge is 0.326 e. The van der Waals surface area contributed by atoms with Crippen molar-refractivity contribution < 1.29 is 8.42 Å². The van der Waals surface area contributed by atoms with Gasteiger partial charge in [-0.05, 0) is 38.0 Å². The minimum Gasteiger partial charge on any atom is -0.326 e. The molecule has 0 amide bonds. The number of sulfonamides is 1. The molecule has 0 bridgehead atoms. The third-order valence-corrected chi connectivity index (χ3v) is 4.81. The number of aromatic nitrogens is 2. The fraction of sp³-hybridized carbons (Fsp3) is 0.357. The maximum Gasteiger partial charge on any atom is 0.262 e. The predicted molar refractivity (Wildman–Crippen MR) is 82.5 cm³/mol. The van der Waals surface area contributed by atoms with E-state index in [0.717, 1.165) is 5.56 Å². The first-order valence-electron chi connectivity index (χ1n) is 6.70. The summed E-state index contributed by atoms with van der Waals surface area (Å²) < 4.78 is 29.2. The van der Waals surface area contributed by atoms with E-state index >= 15 is 0 Å². The van der Waals surface area contributed by atoms with E-state index in [1.165, 1.54) is 6.20 Å². The van der Waals surface area contributed by atoms with Crippen molar-refractivity contribution in [3.63, 3.8) is 0 Å². The lowest BCUT2D eigenvalue weighted by Gasteiger charge is -2.11. The predicted octanol–water partition coefficient (Wildman–Crippen LogP) is 2.03. The van der Waals surface area contributed by atoms with Crippen molar-refractivity contribution in [1.82, 2.24) is 9.78 Å². The van der Waals surface area contributed by atoms with Gasteiger partial charge in [0.25, 0.3) is 10.0 Å². The number of hydrogen-bond donors (Lipinski definition) is 2. The van der Waals surface area contributed by atoms with Gasteiger partial charge in [-0.3, -0.25) is 9.40 Å². The van der Waals surface area contributed by atoms with Gasteiger partial charge in [-0.15, -0.1) is 0 Å². The van der Waals surface area contributed by atoms with Gasteiger partial charge in [-0.1, -0.05) is 12.1 Å². The van der Waals surface area contributed by atoms with Crippen molar-refractivity contribution >= 4 is 15.7 Å². The van der Waals surface area contributed by atoms with Gasteiger partial charge in [-0.25, -0.2) is 8.42 Å². The highest BCUT2D eigenvalue weighted by Crippen LogP contribution is 2.22. The van der Waals surface area contributed by atoms with Gasteiger partial charge in [-0.2, -0.15) is 5.10 Å². The molecule has 1 aromatic heterocycles.